The Bertz CT molecular complexity index is 447. The molecule has 20 heavy (non-hydrogen) atoms. The minimum atomic E-state index is 0.478. The van der Waals surface area contributed by atoms with Gasteiger partial charge in [-0.05, 0) is 67.9 Å². The summed E-state index contributed by atoms with van der Waals surface area (Å²) in [7, 11) is 0. The molecule has 1 saturated carbocycles. The maximum Gasteiger partial charge on any atom is 0.0426 e. The van der Waals surface area contributed by atoms with Crippen molar-refractivity contribution in [1.82, 2.24) is 0 Å². The van der Waals surface area contributed by atoms with Gasteiger partial charge in [-0.3, -0.25) is 0 Å². The van der Waals surface area contributed by atoms with E-state index in [2.05, 4.69) is 68.7 Å². The van der Waals surface area contributed by atoms with Gasteiger partial charge in [-0.1, -0.05) is 60.5 Å². The molecular formula is C19H29Br. The Morgan fingerprint density at radius 3 is 2.20 bits per heavy atom. The number of benzene rings is 1. The number of hydrogen-bond acceptors (Lipinski definition) is 0. The summed E-state index contributed by atoms with van der Waals surface area (Å²) in [4.78, 5) is 0.531. The third-order valence-electron chi connectivity index (χ3n) is 5.14. The minimum absolute atomic E-state index is 0.478. The summed E-state index contributed by atoms with van der Waals surface area (Å²) in [5.74, 6) is 1.70. The number of alkyl halides is 1. The van der Waals surface area contributed by atoms with Crippen LogP contribution < -0.4 is 0 Å². The monoisotopic (exact) mass is 336 g/mol. The van der Waals surface area contributed by atoms with E-state index in [1.54, 1.807) is 0 Å². The van der Waals surface area contributed by atoms with Gasteiger partial charge in [-0.15, -0.1) is 0 Å². The molecule has 0 spiro atoms. The Hall–Kier alpha value is -0.300. The standard InChI is InChI=1S/C19H29Br/c1-13-6-7-14(2)17(12-13)18(20)15-8-10-16(11-9-15)19(3,4)5/h6-7,12,15-16,18H,8-11H2,1-5H3. The maximum absolute atomic E-state index is 4.00. The molecule has 1 aliphatic carbocycles. The Morgan fingerprint density at radius 1 is 1.05 bits per heavy atom. The van der Waals surface area contributed by atoms with E-state index in [1.807, 2.05) is 0 Å². The summed E-state index contributed by atoms with van der Waals surface area (Å²) >= 11 is 4.00. The first-order valence-corrected chi connectivity index (χ1v) is 8.92. The zero-order valence-electron chi connectivity index (χ0n) is 13.7. The van der Waals surface area contributed by atoms with Crippen molar-refractivity contribution in [2.75, 3.05) is 0 Å². The van der Waals surface area contributed by atoms with Crippen LogP contribution in [0.3, 0.4) is 0 Å². The summed E-state index contributed by atoms with van der Waals surface area (Å²) in [5, 5.41) is 0. The van der Waals surface area contributed by atoms with E-state index in [0.717, 1.165) is 11.8 Å². The number of hydrogen-bond donors (Lipinski definition) is 0. The molecule has 0 aliphatic heterocycles. The molecule has 0 bridgehead atoms. The van der Waals surface area contributed by atoms with Crippen LogP contribution in [0.25, 0.3) is 0 Å². The lowest BCUT2D eigenvalue weighted by Gasteiger charge is -2.38. The lowest BCUT2D eigenvalue weighted by Crippen LogP contribution is -2.27. The third kappa shape index (κ3) is 3.67. The topological polar surface area (TPSA) is 0 Å². The second-order valence-corrected chi connectivity index (χ2v) is 8.73. The molecule has 112 valence electrons. The third-order valence-corrected chi connectivity index (χ3v) is 6.38. The summed E-state index contributed by atoms with van der Waals surface area (Å²) in [6.45, 7) is 11.6. The predicted molar refractivity (Wildman–Crippen MR) is 92.5 cm³/mol. The lowest BCUT2D eigenvalue weighted by atomic mass is 9.69. The summed E-state index contributed by atoms with van der Waals surface area (Å²) in [6, 6.07) is 6.85. The Kier molecular flexibility index (Phi) is 5.00. The smallest absolute Gasteiger partial charge is 0.0426 e. The molecule has 0 N–H and O–H groups in total. The lowest BCUT2D eigenvalue weighted by molar-refractivity contribution is 0.149. The second-order valence-electron chi connectivity index (χ2n) is 7.74. The molecule has 1 aromatic rings. The molecule has 2 rings (SSSR count). The molecule has 1 heteroatoms. The first-order valence-electron chi connectivity index (χ1n) is 8.00. The maximum atomic E-state index is 4.00. The molecule has 0 nitrogen and oxygen atoms in total. The number of aryl methyl sites for hydroxylation is 2. The van der Waals surface area contributed by atoms with E-state index >= 15 is 0 Å². The fourth-order valence-corrected chi connectivity index (χ4v) is 4.61. The highest BCUT2D eigenvalue weighted by Gasteiger charge is 2.32. The second kappa shape index (κ2) is 6.22. The molecule has 1 atom stereocenters. The van der Waals surface area contributed by atoms with Crippen molar-refractivity contribution < 1.29 is 0 Å². The summed E-state index contributed by atoms with van der Waals surface area (Å²) in [6.07, 6.45) is 5.51. The van der Waals surface area contributed by atoms with E-state index in [0.29, 0.717) is 10.2 Å². The van der Waals surface area contributed by atoms with Crippen molar-refractivity contribution in [1.29, 1.82) is 0 Å². The van der Waals surface area contributed by atoms with E-state index in [-0.39, 0.29) is 0 Å². The van der Waals surface area contributed by atoms with Crippen LogP contribution in [-0.4, -0.2) is 0 Å². The number of halogens is 1. The molecule has 1 unspecified atom stereocenters. The zero-order chi connectivity index (χ0) is 14.9. The molecule has 0 radical (unpaired) electrons. The number of rotatable bonds is 2. The van der Waals surface area contributed by atoms with Gasteiger partial charge < -0.3 is 0 Å². The van der Waals surface area contributed by atoms with Crippen LogP contribution in [-0.2, 0) is 0 Å². The fraction of sp³-hybridized carbons (Fsp3) is 0.684. The van der Waals surface area contributed by atoms with Crippen LogP contribution >= 0.6 is 15.9 Å². The van der Waals surface area contributed by atoms with Gasteiger partial charge in [0.25, 0.3) is 0 Å². The Labute approximate surface area is 133 Å². The first-order chi connectivity index (χ1) is 9.29. The molecule has 1 aromatic carbocycles. The molecule has 0 aromatic heterocycles. The van der Waals surface area contributed by atoms with Crippen molar-refractivity contribution in [2.24, 2.45) is 17.3 Å². The van der Waals surface area contributed by atoms with Crippen LogP contribution in [0.15, 0.2) is 18.2 Å². The quantitative estimate of drug-likeness (QED) is 0.534. The molecule has 0 amide bonds. The summed E-state index contributed by atoms with van der Waals surface area (Å²) < 4.78 is 0. The van der Waals surface area contributed by atoms with Crippen molar-refractivity contribution in [3.8, 4) is 0 Å². The fourth-order valence-electron chi connectivity index (χ4n) is 3.59. The molecule has 1 aliphatic rings. The normalized spacial score (nSPS) is 25.5. The van der Waals surface area contributed by atoms with Gasteiger partial charge in [-0.2, -0.15) is 0 Å². The van der Waals surface area contributed by atoms with Gasteiger partial charge in [0.15, 0.2) is 0 Å². The van der Waals surface area contributed by atoms with Crippen molar-refractivity contribution in [3.05, 3.63) is 34.9 Å². The molecule has 0 heterocycles. The first kappa shape index (κ1) is 16.1. The van der Waals surface area contributed by atoms with Crippen LogP contribution in [0.2, 0.25) is 0 Å². The minimum Gasteiger partial charge on any atom is -0.0836 e. The van der Waals surface area contributed by atoms with E-state index in [1.165, 1.54) is 42.4 Å². The largest absolute Gasteiger partial charge is 0.0836 e. The van der Waals surface area contributed by atoms with Gasteiger partial charge in [0.2, 0.25) is 0 Å². The highest BCUT2D eigenvalue weighted by atomic mass is 79.9. The predicted octanol–water partition coefficient (Wildman–Crippen LogP) is 6.59. The van der Waals surface area contributed by atoms with Gasteiger partial charge in [-0.25, -0.2) is 0 Å². The SMILES string of the molecule is Cc1ccc(C)c(C(Br)C2CCC(C(C)(C)C)CC2)c1. The zero-order valence-corrected chi connectivity index (χ0v) is 15.3. The highest BCUT2D eigenvalue weighted by molar-refractivity contribution is 9.09. The van der Waals surface area contributed by atoms with Gasteiger partial charge in [0.1, 0.15) is 0 Å². The van der Waals surface area contributed by atoms with Crippen molar-refractivity contribution >= 4 is 15.9 Å². The van der Waals surface area contributed by atoms with Crippen LogP contribution in [0, 0.1) is 31.1 Å². The van der Waals surface area contributed by atoms with Gasteiger partial charge >= 0.3 is 0 Å². The Balaban J connectivity index is 2.05. The average Bonchev–Trinajstić information content (AvgIpc) is 2.40. The van der Waals surface area contributed by atoms with E-state index < -0.39 is 0 Å². The Morgan fingerprint density at radius 2 is 1.65 bits per heavy atom. The highest BCUT2D eigenvalue weighted by Crippen LogP contribution is 2.46. The van der Waals surface area contributed by atoms with E-state index in [9.17, 15) is 0 Å². The van der Waals surface area contributed by atoms with Gasteiger partial charge in [0, 0.05) is 4.83 Å². The molecule has 1 fully saturated rings. The molecular weight excluding hydrogens is 308 g/mol. The van der Waals surface area contributed by atoms with Gasteiger partial charge in [0.05, 0.1) is 0 Å². The van der Waals surface area contributed by atoms with Crippen molar-refractivity contribution in [3.63, 3.8) is 0 Å². The van der Waals surface area contributed by atoms with E-state index in [4.69, 9.17) is 0 Å². The summed E-state index contributed by atoms with van der Waals surface area (Å²) in [5.41, 5.74) is 4.78. The van der Waals surface area contributed by atoms with Crippen molar-refractivity contribution in [2.45, 2.75) is 65.1 Å². The van der Waals surface area contributed by atoms with Crippen LogP contribution in [0.5, 0.6) is 0 Å². The van der Waals surface area contributed by atoms with Crippen LogP contribution in [0.1, 0.15) is 68.0 Å². The molecule has 0 saturated heterocycles. The average molecular weight is 337 g/mol. The van der Waals surface area contributed by atoms with Crippen LogP contribution in [0.4, 0.5) is 0 Å².